The summed E-state index contributed by atoms with van der Waals surface area (Å²) in [6, 6.07) is 0.566. The molecule has 0 radical (unpaired) electrons. The van der Waals surface area contributed by atoms with Crippen LogP contribution < -0.4 is 10.0 Å². The minimum absolute atomic E-state index is 0.196. The summed E-state index contributed by atoms with van der Waals surface area (Å²) in [6.45, 7) is 3.42. The molecule has 1 aliphatic heterocycles. The van der Waals surface area contributed by atoms with E-state index in [1.54, 1.807) is 4.31 Å². The van der Waals surface area contributed by atoms with Crippen LogP contribution in [0.3, 0.4) is 0 Å². The van der Waals surface area contributed by atoms with Crippen molar-refractivity contribution in [3.05, 3.63) is 0 Å². The van der Waals surface area contributed by atoms with Crippen molar-refractivity contribution in [2.24, 2.45) is 5.92 Å². The Bertz CT molecular complexity index is 354. The molecule has 0 amide bonds. The largest absolute Gasteiger partial charge is 0.317 e. The molecule has 1 saturated heterocycles. The van der Waals surface area contributed by atoms with Gasteiger partial charge in [-0.25, -0.2) is 0 Å². The summed E-state index contributed by atoms with van der Waals surface area (Å²) in [5.74, 6) is 0.421. The Morgan fingerprint density at radius 1 is 1.29 bits per heavy atom. The van der Waals surface area contributed by atoms with Crippen LogP contribution in [0.4, 0.5) is 0 Å². The number of nitrogens with one attached hydrogen (secondary N) is 2. The maximum absolute atomic E-state index is 12.1. The molecule has 1 saturated carbocycles. The van der Waals surface area contributed by atoms with Gasteiger partial charge in [0.05, 0.1) is 0 Å². The molecule has 2 atom stereocenters. The minimum Gasteiger partial charge on any atom is -0.317 e. The van der Waals surface area contributed by atoms with Gasteiger partial charge in [-0.2, -0.15) is 17.4 Å². The summed E-state index contributed by atoms with van der Waals surface area (Å²) in [6.07, 6.45) is 4.05. The van der Waals surface area contributed by atoms with Gasteiger partial charge in [-0.05, 0) is 45.6 Å². The first-order valence-electron chi connectivity index (χ1n) is 6.47. The zero-order valence-electron chi connectivity index (χ0n) is 10.6. The standard InChI is InChI=1S/C11H23N3O2S/c1-9(12-2)10-4-3-7-14(8-10)17(15,16)13-11-5-6-11/h9-13H,3-8H2,1-2H3. The second-order valence-corrected chi connectivity index (χ2v) is 6.94. The van der Waals surface area contributed by atoms with Crippen molar-refractivity contribution in [2.45, 2.75) is 44.7 Å². The second-order valence-electron chi connectivity index (χ2n) is 5.23. The molecule has 0 aromatic carbocycles. The Kier molecular flexibility index (Phi) is 4.07. The molecule has 1 heterocycles. The molecule has 1 aliphatic carbocycles. The molecule has 6 heteroatoms. The van der Waals surface area contributed by atoms with Crippen LogP contribution in [0.15, 0.2) is 0 Å². The third-order valence-electron chi connectivity index (χ3n) is 3.82. The smallest absolute Gasteiger partial charge is 0.279 e. The molecule has 2 fully saturated rings. The van der Waals surface area contributed by atoms with Crippen LogP contribution in [0, 0.1) is 5.92 Å². The lowest BCUT2D eigenvalue weighted by molar-refractivity contribution is 0.227. The van der Waals surface area contributed by atoms with Crippen molar-refractivity contribution < 1.29 is 8.42 Å². The first-order chi connectivity index (χ1) is 8.03. The van der Waals surface area contributed by atoms with Crippen LogP contribution >= 0.6 is 0 Å². The summed E-state index contributed by atoms with van der Waals surface area (Å²) in [4.78, 5) is 0. The normalized spacial score (nSPS) is 29.2. The van der Waals surface area contributed by atoms with E-state index in [0.29, 0.717) is 25.0 Å². The van der Waals surface area contributed by atoms with Gasteiger partial charge >= 0.3 is 0 Å². The summed E-state index contributed by atoms with van der Waals surface area (Å²) >= 11 is 0. The first kappa shape index (κ1) is 13.3. The van der Waals surface area contributed by atoms with Crippen molar-refractivity contribution >= 4 is 10.2 Å². The van der Waals surface area contributed by atoms with Gasteiger partial charge < -0.3 is 5.32 Å². The molecule has 2 rings (SSSR count). The van der Waals surface area contributed by atoms with E-state index in [1.807, 2.05) is 7.05 Å². The van der Waals surface area contributed by atoms with E-state index in [2.05, 4.69) is 17.0 Å². The lowest BCUT2D eigenvalue weighted by atomic mass is 9.93. The lowest BCUT2D eigenvalue weighted by Crippen LogP contribution is -2.49. The monoisotopic (exact) mass is 261 g/mol. The van der Waals surface area contributed by atoms with Crippen LogP contribution in [0.2, 0.25) is 0 Å². The second kappa shape index (κ2) is 5.22. The van der Waals surface area contributed by atoms with Crippen LogP contribution in [-0.4, -0.2) is 44.9 Å². The minimum atomic E-state index is -3.24. The van der Waals surface area contributed by atoms with E-state index in [1.165, 1.54) is 0 Å². The van der Waals surface area contributed by atoms with Gasteiger partial charge in [0.15, 0.2) is 0 Å². The van der Waals surface area contributed by atoms with Crippen LogP contribution in [-0.2, 0) is 10.2 Å². The van der Waals surface area contributed by atoms with Gasteiger partial charge in [-0.3, -0.25) is 0 Å². The fraction of sp³-hybridized carbons (Fsp3) is 1.00. The van der Waals surface area contributed by atoms with Crippen molar-refractivity contribution in [3.63, 3.8) is 0 Å². The highest BCUT2D eigenvalue weighted by Gasteiger charge is 2.34. The van der Waals surface area contributed by atoms with Crippen molar-refractivity contribution in [2.75, 3.05) is 20.1 Å². The van der Waals surface area contributed by atoms with E-state index in [9.17, 15) is 8.42 Å². The SMILES string of the molecule is CNC(C)C1CCCN(S(=O)(=O)NC2CC2)C1. The Labute approximate surface area is 104 Å². The molecular weight excluding hydrogens is 238 g/mol. The predicted octanol–water partition coefficient (Wildman–Crippen LogP) is 0.303. The van der Waals surface area contributed by atoms with Crippen LogP contribution in [0.5, 0.6) is 0 Å². The molecule has 0 aromatic heterocycles. The van der Waals surface area contributed by atoms with E-state index in [0.717, 1.165) is 25.7 Å². The van der Waals surface area contributed by atoms with E-state index < -0.39 is 10.2 Å². The molecule has 2 aliphatic rings. The van der Waals surface area contributed by atoms with E-state index in [4.69, 9.17) is 0 Å². The zero-order chi connectivity index (χ0) is 12.5. The fourth-order valence-corrected chi connectivity index (χ4v) is 3.89. The summed E-state index contributed by atoms with van der Waals surface area (Å²) < 4.78 is 28.5. The third kappa shape index (κ3) is 3.40. The predicted molar refractivity (Wildman–Crippen MR) is 67.9 cm³/mol. The average Bonchev–Trinajstić information content (AvgIpc) is 3.11. The number of hydrogen-bond donors (Lipinski definition) is 2. The van der Waals surface area contributed by atoms with Gasteiger partial charge in [-0.1, -0.05) is 0 Å². The number of rotatable bonds is 5. The Morgan fingerprint density at radius 3 is 2.59 bits per heavy atom. The molecule has 17 heavy (non-hydrogen) atoms. The highest BCUT2D eigenvalue weighted by Crippen LogP contribution is 2.24. The molecule has 5 nitrogen and oxygen atoms in total. The first-order valence-corrected chi connectivity index (χ1v) is 7.91. The van der Waals surface area contributed by atoms with Gasteiger partial charge in [-0.15, -0.1) is 0 Å². The Hall–Kier alpha value is -0.170. The molecule has 0 spiro atoms. The van der Waals surface area contributed by atoms with Crippen molar-refractivity contribution in [1.82, 2.24) is 14.3 Å². The summed E-state index contributed by atoms with van der Waals surface area (Å²) in [5.41, 5.74) is 0. The van der Waals surface area contributed by atoms with Crippen molar-refractivity contribution in [3.8, 4) is 0 Å². The van der Waals surface area contributed by atoms with E-state index >= 15 is 0 Å². The van der Waals surface area contributed by atoms with Gasteiger partial charge in [0, 0.05) is 25.2 Å². The quantitative estimate of drug-likeness (QED) is 0.748. The zero-order valence-corrected chi connectivity index (χ0v) is 11.5. The van der Waals surface area contributed by atoms with Gasteiger partial charge in [0.1, 0.15) is 0 Å². The third-order valence-corrected chi connectivity index (χ3v) is 5.46. The van der Waals surface area contributed by atoms with Crippen LogP contribution in [0.1, 0.15) is 32.6 Å². The Balaban J connectivity index is 1.95. The molecule has 0 aromatic rings. The highest BCUT2D eigenvalue weighted by atomic mass is 32.2. The Morgan fingerprint density at radius 2 is 2.00 bits per heavy atom. The number of nitrogens with zero attached hydrogens (tertiary/aromatic N) is 1. The molecule has 2 unspecified atom stereocenters. The van der Waals surface area contributed by atoms with Gasteiger partial charge in [0.25, 0.3) is 10.2 Å². The molecular formula is C11H23N3O2S. The summed E-state index contributed by atoms with van der Waals surface area (Å²) in [5, 5.41) is 3.22. The fourth-order valence-electron chi connectivity index (χ4n) is 2.32. The van der Waals surface area contributed by atoms with Gasteiger partial charge in [0.2, 0.25) is 0 Å². The topological polar surface area (TPSA) is 61.4 Å². The summed E-state index contributed by atoms with van der Waals surface area (Å²) in [7, 11) is -1.31. The molecule has 100 valence electrons. The van der Waals surface area contributed by atoms with Crippen LogP contribution in [0.25, 0.3) is 0 Å². The maximum atomic E-state index is 12.1. The average molecular weight is 261 g/mol. The van der Waals surface area contributed by atoms with Crippen molar-refractivity contribution in [1.29, 1.82) is 0 Å². The molecule has 0 bridgehead atoms. The highest BCUT2D eigenvalue weighted by molar-refractivity contribution is 7.87. The molecule has 2 N–H and O–H groups in total. The lowest BCUT2D eigenvalue weighted by Gasteiger charge is -2.34. The number of hydrogen-bond acceptors (Lipinski definition) is 3. The number of piperidine rings is 1. The van der Waals surface area contributed by atoms with E-state index in [-0.39, 0.29) is 6.04 Å². The maximum Gasteiger partial charge on any atom is 0.279 e.